The van der Waals surface area contributed by atoms with Gasteiger partial charge in [-0.1, -0.05) is 37.3 Å². The number of fused-ring (bicyclic) bond motifs is 2. The Morgan fingerprint density at radius 3 is 2.75 bits per heavy atom. The van der Waals surface area contributed by atoms with Crippen LogP contribution in [0.2, 0.25) is 0 Å². The van der Waals surface area contributed by atoms with Crippen molar-refractivity contribution in [2.24, 2.45) is 5.92 Å². The highest BCUT2D eigenvalue weighted by Crippen LogP contribution is 2.42. The summed E-state index contributed by atoms with van der Waals surface area (Å²) in [6, 6.07) is 11.3. The van der Waals surface area contributed by atoms with Gasteiger partial charge in [0.2, 0.25) is 0 Å². The number of aromatic nitrogens is 2. The third-order valence-electron chi connectivity index (χ3n) is 7.21. The molecule has 3 aliphatic rings. The first-order valence-electron chi connectivity index (χ1n) is 10.8. The quantitative estimate of drug-likeness (QED) is 0.758. The molecule has 2 unspecified atom stereocenters. The molecule has 0 radical (unpaired) electrons. The van der Waals surface area contributed by atoms with E-state index in [4.69, 9.17) is 4.98 Å². The molecule has 28 heavy (non-hydrogen) atoms. The van der Waals surface area contributed by atoms with Gasteiger partial charge < -0.3 is 9.88 Å². The maximum absolute atomic E-state index is 4.78. The van der Waals surface area contributed by atoms with Crippen molar-refractivity contribution in [3.05, 3.63) is 53.6 Å². The Hall–Kier alpha value is -1.73. The molecule has 0 saturated carbocycles. The van der Waals surface area contributed by atoms with Crippen LogP contribution in [0.5, 0.6) is 0 Å². The van der Waals surface area contributed by atoms with Gasteiger partial charge >= 0.3 is 0 Å². The summed E-state index contributed by atoms with van der Waals surface area (Å²) in [6.07, 6.45) is 5.37. The van der Waals surface area contributed by atoms with Crippen LogP contribution in [-0.2, 0) is 12.0 Å². The van der Waals surface area contributed by atoms with Crippen molar-refractivity contribution in [3.63, 3.8) is 0 Å². The van der Waals surface area contributed by atoms with Crippen LogP contribution in [0.3, 0.4) is 0 Å². The number of hydrazine groups is 1. The second-order valence-electron chi connectivity index (χ2n) is 8.57. The van der Waals surface area contributed by atoms with E-state index < -0.39 is 0 Å². The van der Waals surface area contributed by atoms with Gasteiger partial charge in [-0.25, -0.2) is 10.4 Å². The van der Waals surface area contributed by atoms with E-state index in [1.807, 2.05) is 6.33 Å². The summed E-state index contributed by atoms with van der Waals surface area (Å²) in [5, 5.41) is 0. The molecule has 0 amide bonds. The van der Waals surface area contributed by atoms with Gasteiger partial charge in [-0.3, -0.25) is 10.3 Å². The summed E-state index contributed by atoms with van der Waals surface area (Å²) < 4.78 is 0. The predicted molar refractivity (Wildman–Crippen MR) is 111 cm³/mol. The van der Waals surface area contributed by atoms with Crippen LogP contribution in [0, 0.1) is 5.92 Å². The highest BCUT2D eigenvalue weighted by molar-refractivity contribution is 5.27. The Bertz CT molecular complexity index is 779. The second kappa shape index (κ2) is 7.59. The summed E-state index contributed by atoms with van der Waals surface area (Å²) in [6.45, 7) is 9.05. The summed E-state index contributed by atoms with van der Waals surface area (Å²) in [5.41, 5.74) is 11.1. The summed E-state index contributed by atoms with van der Waals surface area (Å²) in [4.78, 5) is 13.5. The molecule has 2 saturated heterocycles. The van der Waals surface area contributed by atoms with Crippen molar-refractivity contribution in [2.75, 3.05) is 39.3 Å². The number of nitrogens with zero attached hydrogens (tertiary/aromatic N) is 3. The lowest BCUT2D eigenvalue weighted by molar-refractivity contribution is 0.00537. The van der Waals surface area contributed by atoms with Gasteiger partial charge in [-0.05, 0) is 24.9 Å². The number of likely N-dealkylation sites (N-methyl/N-ethyl adjacent to an activating group) is 1. The molecule has 5 rings (SSSR count). The van der Waals surface area contributed by atoms with E-state index >= 15 is 0 Å². The van der Waals surface area contributed by atoms with Gasteiger partial charge in [-0.15, -0.1) is 0 Å². The van der Waals surface area contributed by atoms with Crippen LogP contribution >= 0.6 is 0 Å². The number of hydrogen-bond acceptors (Lipinski definition) is 5. The van der Waals surface area contributed by atoms with Crippen molar-refractivity contribution < 1.29 is 0 Å². The molecule has 6 heteroatoms. The van der Waals surface area contributed by atoms with E-state index in [0.717, 1.165) is 45.7 Å². The number of rotatable bonds is 4. The number of imidazole rings is 1. The number of aromatic amines is 1. The van der Waals surface area contributed by atoms with Gasteiger partial charge in [-0.2, -0.15) is 0 Å². The lowest BCUT2D eigenvalue weighted by Crippen LogP contribution is -2.56. The van der Waals surface area contributed by atoms with E-state index in [1.165, 1.54) is 29.8 Å². The average molecular weight is 381 g/mol. The van der Waals surface area contributed by atoms with Crippen LogP contribution in [-0.4, -0.2) is 59.0 Å². The molecule has 1 spiro atoms. The lowest BCUT2D eigenvalue weighted by atomic mass is 9.78. The molecule has 2 aromatic rings. The Kier molecular flexibility index (Phi) is 4.97. The van der Waals surface area contributed by atoms with Gasteiger partial charge in [0.25, 0.3) is 0 Å². The maximum atomic E-state index is 4.78. The number of nitrogens with one attached hydrogen (secondary N) is 3. The van der Waals surface area contributed by atoms with Crippen molar-refractivity contribution in [3.8, 4) is 0 Å². The first-order valence-corrected chi connectivity index (χ1v) is 10.8. The molecule has 0 bridgehead atoms. The topological polar surface area (TPSA) is 59.2 Å². The van der Waals surface area contributed by atoms with Crippen LogP contribution in [0.4, 0.5) is 0 Å². The molecule has 2 atom stereocenters. The molecule has 0 aliphatic carbocycles. The fraction of sp³-hybridized carbons (Fsp3) is 0.591. The minimum atomic E-state index is 0.143. The first kappa shape index (κ1) is 18.3. The van der Waals surface area contributed by atoms with Crippen molar-refractivity contribution >= 4 is 0 Å². The Balaban J connectivity index is 1.28. The number of hydrogen-bond donors (Lipinski definition) is 3. The zero-order valence-electron chi connectivity index (χ0n) is 16.8. The summed E-state index contributed by atoms with van der Waals surface area (Å²) in [5.74, 6) is 0.603. The lowest BCUT2D eigenvalue weighted by Gasteiger charge is -2.50. The smallest absolute Gasteiger partial charge is 0.0926 e. The van der Waals surface area contributed by atoms with E-state index in [2.05, 4.69) is 62.9 Å². The highest BCUT2D eigenvalue weighted by Gasteiger charge is 2.46. The first-order chi connectivity index (χ1) is 13.8. The van der Waals surface area contributed by atoms with E-state index in [9.17, 15) is 0 Å². The maximum Gasteiger partial charge on any atom is 0.0926 e. The third-order valence-corrected chi connectivity index (χ3v) is 7.21. The SMILES string of the molecule is CCN1CCc2[nH]cnc2C12CCN(CC1CNNC1c1ccccc1)CC2. The van der Waals surface area contributed by atoms with Crippen LogP contribution in [0.15, 0.2) is 36.7 Å². The van der Waals surface area contributed by atoms with Crippen molar-refractivity contribution in [2.45, 2.75) is 37.8 Å². The number of benzene rings is 1. The van der Waals surface area contributed by atoms with Crippen LogP contribution in [0.1, 0.15) is 42.8 Å². The molecule has 2 fully saturated rings. The number of piperidine rings is 1. The summed E-state index contributed by atoms with van der Waals surface area (Å²) >= 11 is 0. The number of H-pyrrole nitrogens is 1. The molecular formula is C22H32N6. The minimum Gasteiger partial charge on any atom is -0.348 e. The zero-order valence-corrected chi connectivity index (χ0v) is 16.8. The van der Waals surface area contributed by atoms with Gasteiger partial charge in [0.1, 0.15) is 0 Å². The normalized spacial score (nSPS) is 27.9. The second-order valence-corrected chi connectivity index (χ2v) is 8.57. The third kappa shape index (κ3) is 3.08. The molecular weight excluding hydrogens is 348 g/mol. The Morgan fingerprint density at radius 2 is 1.96 bits per heavy atom. The van der Waals surface area contributed by atoms with E-state index in [1.54, 1.807) is 0 Å². The largest absolute Gasteiger partial charge is 0.348 e. The van der Waals surface area contributed by atoms with Gasteiger partial charge in [0.15, 0.2) is 0 Å². The van der Waals surface area contributed by atoms with E-state index in [-0.39, 0.29) is 5.54 Å². The highest BCUT2D eigenvalue weighted by atomic mass is 15.4. The molecule has 150 valence electrons. The molecule has 3 N–H and O–H groups in total. The van der Waals surface area contributed by atoms with Gasteiger partial charge in [0, 0.05) is 50.8 Å². The molecule has 1 aromatic carbocycles. The Labute approximate surface area is 167 Å². The minimum absolute atomic E-state index is 0.143. The predicted octanol–water partition coefficient (Wildman–Crippen LogP) is 2.04. The molecule has 4 heterocycles. The molecule has 6 nitrogen and oxygen atoms in total. The molecule has 3 aliphatic heterocycles. The molecule has 1 aromatic heterocycles. The Morgan fingerprint density at radius 1 is 1.14 bits per heavy atom. The van der Waals surface area contributed by atoms with Gasteiger partial charge in [0.05, 0.1) is 23.6 Å². The average Bonchev–Trinajstić information content (AvgIpc) is 3.41. The fourth-order valence-corrected chi connectivity index (χ4v) is 5.70. The van der Waals surface area contributed by atoms with Crippen LogP contribution < -0.4 is 10.9 Å². The monoisotopic (exact) mass is 380 g/mol. The number of likely N-dealkylation sites (tertiary alicyclic amines) is 1. The summed E-state index contributed by atoms with van der Waals surface area (Å²) in [7, 11) is 0. The van der Waals surface area contributed by atoms with Crippen molar-refractivity contribution in [1.29, 1.82) is 0 Å². The zero-order chi connectivity index (χ0) is 19.0. The van der Waals surface area contributed by atoms with E-state index in [0.29, 0.717) is 12.0 Å². The van der Waals surface area contributed by atoms with Crippen molar-refractivity contribution in [1.82, 2.24) is 30.6 Å². The standard InChI is InChI=1S/C22H32N6/c1-2-28-11-8-19-21(24-16-23-19)22(28)9-12-27(13-10-22)15-18-14-25-26-20(18)17-6-4-3-5-7-17/h3-7,16,18,20,25-26H,2,8-15H2,1H3,(H,23,24). The fourth-order valence-electron chi connectivity index (χ4n) is 5.70. The van der Waals surface area contributed by atoms with Crippen LogP contribution in [0.25, 0.3) is 0 Å².